The highest BCUT2D eigenvalue weighted by Crippen LogP contribution is 2.42. The fourth-order valence-electron chi connectivity index (χ4n) is 2.09. The van der Waals surface area contributed by atoms with Gasteiger partial charge in [-0.2, -0.15) is 0 Å². The van der Waals surface area contributed by atoms with Crippen molar-refractivity contribution in [3.8, 4) is 0 Å². The molecule has 1 aromatic rings. The standard InChI is InChI=1S/C11H14ClN/c12-10-4-2-9(3-5-10)11(8-13)6-1-7-11/h2-5H,1,6-8,13H2/p+1. The van der Waals surface area contributed by atoms with Gasteiger partial charge in [0.25, 0.3) is 0 Å². The summed E-state index contributed by atoms with van der Waals surface area (Å²) in [6.45, 7) is 1.01. The van der Waals surface area contributed by atoms with E-state index in [0.717, 1.165) is 11.6 Å². The van der Waals surface area contributed by atoms with Crippen LogP contribution in [0.25, 0.3) is 0 Å². The number of hydrogen-bond donors (Lipinski definition) is 1. The molecule has 0 bridgehead atoms. The summed E-state index contributed by atoms with van der Waals surface area (Å²) in [4.78, 5) is 0. The van der Waals surface area contributed by atoms with Crippen LogP contribution in [-0.2, 0) is 5.41 Å². The molecule has 0 aliphatic heterocycles. The Bertz CT molecular complexity index is 282. The minimum absolute atomic E-state index is 0.380. The second-order valence-corrected chi connectivity index (χ2v) is 4.33. The quantitative estimate of drug-likeness (QED) is 0.750. The predicted molar refractivity (Wildman–Crippen MR) is 54.7 cm³/mol. The van der Waals surface area contributed by atoms with Gasteiger partial charge in [0.15, 0.2) is 0 Å². The smallest absolute Gasteiger partial charge is 0.0838 e. The first-order chi connectivity index (χ1) is 6.27. The van der Waals surface area contributed by atoms with Crippen LogP contribution in [0.2, 0.25) is 5.02 Å². The van der Waals surface area contributed by atoms with E-state index in [0.29, 0.717) is 5.41 Å². The van der Waals surface area contributed by atoms with Crippen LogP contribution in [0.15, 0.2) is 24.3 Å². The molecule has 0 amide bonds. The van der Waals surface area contributed by atoms with Crippen molar-refractivity contribution >= 4 is 11.6 Å². The molecule has 0 heterocycles. The van der Waals surface area contributed by atoms with Crippen LogP contribution in [0.3, 0.4) is 0 Å². The Morgan fingerprint density at radius 1 is 1.23 bits per heavy atom. The molecule has 0 unspecified atom stereocenters. The van der Waals surface area contributed by atoms with Crippen molar-refractivity contribution in [2.24, 2.45) is 0 Å². The van der Waals surface area contributed by atoms with Crippen LogP contribution < -0.4 is 5.73 Å². The lowest BCUT2D eigenvalue weighted by atomic mass is 9.64. The molecule has 1 fully saturated rings. The summed E-state index contributed by atoms with van der Waals surface area (Å²) in [6.07, 6.45) is 3.93. The lowest BCUT2D eigenvalue weighted by molar-refractivity contribution is -0.388. The fourth-order valence-corrected chi connectivity index (χ4v) is 2.22. The molecule has 0 atom stereocenters. The Hall–Kier alpha value is -0.530. The highest BCUT2D eigenvalue weighted by molar-refractivity contribution is 6.30. The number of quaternary nitrogens is 1. The molecule has 1 aliphatic rings. The van der Waals surface area contributed by atoms with Gasteiger partial charge in [-0.25, -0.2) is 0 Å². The van der Waals surface area contributed by atoms with Gasteiger partial charge in [0.1, 0.15) is 0 Å². The van der Waals surface area contributed by atoms with Crippen molar-refractivity contribution in [2.75, 3.05) is 6.54 Å². The molecule has 2 heteroatoms. The van der Waals surface area contributed by atoms with Gasteiger partial charge < -0.3 is 5.73 Å². The van der Waals surface area contributed by atoms with Crippen LogP contribution >= 0.6 is 11.6 Å². The van der Waals surface area contributed by atoms with Gasteiger partial charge in [0.05, 0.1) is 6.54 Å². The van der Waals surface area contributed by atoms with E-state index >= 15 is 0 Å². The van der Waals surface area contributed by atoms with Gasteiger partial charge in [-0.05, 0) is 30.5 Å². The van der Waals surface area contributed by atoms with E-state index in [1.165, 1.54) is 24.8 Å². The van der Waals surface area contributed by atoms with E-state index in [2.05, 4.69) is 17.9 Å². The minimum atomic E-state index is 0.380. The maximum atomic E-state index is 5.85. The number of halogens is 1. The zero-order chi connectivity index (χ0) is 9.31. The van der Waals surface area contributed by atoms with E-state index in [1.807, 2.05) is 12.1 Å². The first-order valence-corrected chi connectivity index (χ1v) is 5.20. The van der Waals surface area contributed by atoms with E-state index in [1.54, 1.807) is 0 Å². The second-order valence-electron chi connectivity index (χ2n) is 3.89. The van der Waals surface area contributed by atoms with Crippen molar-refractivity contribution in [3.05, 3.63) is 34.9 Å². The first-order valence-electron chi connectivity index (χ1n) is 4.82. The normalized spacial score (nSPS) is 19.5. The van der Waals surface area contributed by atoms with Gasteiger partial charge in [-0.15, -0.1) is 0 Å². The minimum Gasteiger partial charge on any atom is -0.357 e. The molecule has 70 valence electrons. The number of hydrogen-bond acceptors (Lipinski definition) is 0. The molecule has 1 saturated carbocycles. The molecular weight excluding hydrogens is 182 g/mol. The maximum absolute atomic E-state index is 5.85. The topological polar surface area (TPSA) is 27.6 Å². The number of benzene rings is 1. The SMILES string of the molecule is [NH3+]CC1(c2ccc(Cl)cc2)CCC1. The molecule has 2 rings (SSSR count). The molecule has 0 radical (unpaired) electrons. The van der Waals surface area contributed by atoms with Gasteiger partial charge in [-0.1, -0.05) is 30.2 Å². The summed E-state index contributed by atoms with van der Waals surface area (Å²) in [5.41, 5.74) is 5.84. The van der Waals surface area contributed by atoms with E-state index in [9.17, 15) is 0 Å². The van der Waals surface area contributed by atoms with Crippen LogP contribution in [0.4, 0.5) is 0 Å². The summed E-state index contributed by atoms with van der Waals surface area (Å²) in [7, 11) is 0. The average Bonchev–Trinajstić information content (AvgIpc) is 2.07. The zero-order valence-corrected chi connectivity index (χ0v) is 8.48. The second kappa shape index (κ2) is 3.32. The van der Waals surface area contributed by atoms with Gasteiger partial charge in [-0.3, -0.25) is 0 Å². The largest absolute Gasteiger partial charge is 0.357 e. The first kappa shape index (κ1) is 9.04. The van der Waals surface area contributed by atoms with Crippen LogP contribution in [0, 0.1) is 0 Å². The van der Waals surface area contributed by atoms with Crippen LogP contribution in [0.1, 0.15) is 24.8 Å². The Kier molecular flexibility index (Phi) is 2.31. The summed E-state index contributed by atoms with van der Waals surface area (Å²) in [6, 6.07) is 8.25. The third-order valence-corrected chi connectivity index (χ3v) is 3.50. The van der Waals surface area contributed by atoms with Gasteiger partial charge >= 0.3 is 0 Å². The lowest BCUT2D eigenvalue weighted by Gasteiger charge is -2.39. The summed E-state index contributed by atoms with van der Waals surface area (Å²) in [5, 5.41) is 0.822. The van der Waals surface area contributed by atoms with Crippen molar-refractivity contribution in [1.82, 2.24) is 0 Å². The van der Waals surface area contributed by atoms with E-state index in [-0.39, 0.29) is 0 Å². The average molecular weight is 197 g/mol. The van der Waals surface area contributed by atoms with Gasteiger partial charge in [0.2, 0.25) is 0 Å². The molecule has 0 spiro atoms. The molecule has 13 heavy (non-hydrogen) atoms. The molecule has 1 aromatic carbocycles. The van der Waals surface area contributed by atoms with E-state index < -0.39 is 0 Å². The third-order valence-electron chi connectivity index (χ3n) is 3.25. The van der Waals surface area contributed by atoms with Crippen molar-refractivity contribution < 1.29 is 5.73 Å². The third kappa shape index (κ3) is 1.47. The van der Waals surface area contributed by atoms with Gasteiger partial charge in [0, 0.05) is 10.4 Å². The summed E-state index contributed by atoms with van der Waals surface area (Å²) >= 11 is 5.85. The highest BCUT2D eigenvalue weighted by Gasteiger charge is 2.39. The van der Waals surface area contributed by atoms with Crippen molar-refractivity contribution in [1.29, 1.82) is 0 Å². The highest BCUT2D eigenvalue weighted by atomic mass is 35.5. The fraction of sp³-hybridized carbons (Fsp3) is 0.455. The molecule has 0 aromatic heterocycles. The Morgan fingerprint density at radius 3 is 2.23 bits per heavy atom. The van der Waals surface area contributed by atoms with Crippen molar-refractivity contribution in [2.45, 2.75) is 24.7 Å². The van der Waals surface area contributed by atoms with Crippen LogP contribution in [0.5, 0.6) is 0 Å². The van der Waals surface area contributed by atoms with Crippen LogP contribution in [-0.4, -0.2) is 6.54 Å². The molecule has 1 nitrogen and oxygen atoms in total. The maximum Gasteiger partial charge on any atom is 0.0838 e. The lowest BCUT2D eigenvalue weighted by Crippen LogP contribution is -2.62. The Morgan fingerprint density at radius 2 is 1.85 bits per heavy atom. The monoisotopic (exact) mass is 196 g/mol. The van der Waals surface area contributed by atoms with Crippen molar-refractivity contribution in [3.63, 3.8) is 0 Å². The molecule has 1 aliphatic carbocycles. The molecule has 3 N–H and O–H groups in total. The summed E-state index contributed by atoms with van der Waals surface area (Å²) < 4.78 is 0. The van der Waals surface area contributed by atoms with E-state index in [4.69, 9.17) is 11.6 Å². The zero-order valence-electron chi connectivity index (χ0n) is 7.72. The number of rotatable bonds is 2. The predicted octanol–water partition coefficient (Wildman–Crippen LogP) is 2.00. The molecule has 0 saturated heterocycles. The molecular formula is C11H15ClN+. The Balaban J connectivity index is 2.28. The Labute approximate surface area is 83.9 Å². The summed E-state index contributed by atoms with van der Waals surface area (Å²) in [5.74, 6) is 0.